The third kappa shape index (κ3) is 2.47. The van der Waals surface area contributed by atoms with Crippen molar-refractivity contribution in [2.24, 2.45) is 7.05 Å². The number of nitrogens with zero attached hydrogens (tertiary/aromatic N) is 7. The van der Waals surface area contributed by atoms with Gasteiger partial charge < -0.3 is 9.88 Å². The van der Waals surface area contributed by atoms with Gasteiger partial charge in [0, 0.05) is 37.3 Å². The lowest BCUT2D eigenvalue weighted by Gasteiger charge is -2.33. The Morgan fingerprint density at radius 1 is 1.22 bits per heavy atom. The number of benzene rings is 1. The Kier molecular flexibility index (Phi) is 3.46. The minimum atomic E-state index is -0.478. The lowest BCUT2D eigenvalue weighted by atomic mass is 10.0. The van der Waals surface area contributed by atoms with Crippen molar-refractivity contribution in [3.8, 4) is 0 Å². The summed E-state index contributed by atoms with van der Waals surface area (Å²) in [6.45, 7) is 0.516. The number of aryl methyl sites for hydroxylation is 1. The molecule has 1 aliphatic rings. The number of H-pyrrole nitrogens is 1. The molecule has 0 bridgehead atoms. The molecule has 5 rings (SSSR count). The van der Waals surface area contributed by atoms with Crippen molar-refractivity contribution in [2.75, 3.05) is 6.54 Å². The summed E-state index contributed by atoms with van der Waals surface area (Å²) in [6.07, 6.45) is 5.49. The molecule has 1 amide bonds. The van der Waals surface area contributed by atoms with Crippen LogP contribution in [0.5, 0.6) is 0 Å². The summed E-state index contributed by atoms with van der Waals surface area (Å²) in [7, 11) is 1.70. The maximum Gasteiger partial charge on any atom is 0.292 e. The molecule has 0 spiro atoms. The zero-order chi connectivity index (χ0) is 18.4. The molecule has 1 atom stereocenters. The van der Waals surface area contributed by atoms with Crippen LogP contribution >= 0.6 is 0 Å². The fourth-order valence-electron chi connectivity index (χ4n) is 3.49. The van der Waals surface area contributed by atoms with Gasteiger partial charge in [0.25, 0.3) is 5.91 Å². The van der Waals surface area contributed by atoms with Crippen molar-refractivity contribution in [3.63, 3.8) is 0 Å². The number of hydrogen-bond donors (Lipinski definition) is 1. The first-order chi connectivity index (χ1) is 13.2. The molecule has 0 fully saturated rings. The van der Waals surface area contributed by atoms with Crippen molar-refractivity contribution < 1.29 is 4.79 Å². The Morgan fingerprint density at radius 3 is 2.96 bits per heavy atom. The SMILES string of the molecule is Cn1ncnc1C(=O)N1CCc2[nH]cnc2[C@H]1c1ncc2ccccc2n1. The third-order valence-electron chi connectivity index (χ3n) is 4.84. The summed E-state index contributed by atoms with van der Waals surface area (Å²) in [5.41, 5.74) is 2.60. The predicted octanol–water partition coefficient (Wildman–Crippen LogP) is 1.27. The highest BCUT2D eigenvalue weighted by Gasteiger charge is 2.37. The van der Waals surface area contributed by atoms with Crippen LogP contribution in [0.25, 0.3) is 10.9 Å². The molecular weight excluding hydrogens is 344 g/mol. The molecule has 27 heavy (non-hydrogen) atoms. The van der Waals surface area contributed by atoms with Gasteiger partial charge in [-0.15, -0.1) is 0 Å². The Hall–Kier alpha value is -3.62. The molecular formula is C18H16N8O. The molecule has 0 saturated heterocycles. The molecule has 134 valence electrons. The molecule has 9 heteroatoms. The number of amides is 1. The number of aromatic nitrogens is 7. The van der Waals surface area contributed by atoms with Gasteiger partial charge in [-0.25, -0.2) is 24.6 Å². The van der Waals surface area contributed by atoms with Gasteiger partial charge in [0.1, 0.15) is 12.4 Å². The van der Waals surface area contributed by atoms with Crippen molar-refractivity contribution in [1.82, 2.24) is 39.6 Å². The van der Waals surface area contributed by atoms with Crippen molar-refractivity contribution in [2.45, 2.75) is 12.5 Å². The summed E-state index contributed by atoms with van der Waals surface area (Å²) < 4.78 is 1.47. The molecule has 9 nitrogen and oxygen atoms in total. The average molecular weight is 360 g/mol. The Balaban J connectivity index is 1.64. The number of nitrogens with one attached hydrogen (secondary N) is 1. The molecule has 1 aromatic carbocycles. The monoisotopic (exact) mass is 360 g/mol. The lowest BCUT2D eigenvalue weighted by molar-refractivity contribution is 0.0666. The molecule has 0 unspecified atom stereocenters. The molecule has 1 N–H and O–H groups in total. The van der Waals surface area contributed by atoms with E-state index in [4.69, 9.17) is 4.98 Å². The van der Waals surface area contributed by atoms with Crippen LogP contribution in [-0.4, -0.2) is 52.1 Å². The van der Waals surface area contributed by atoms with E-state index in [0.717, 1.165) is 22.3 Å². The fraction of sp³-hybridized carbons (Fsp3) is 0.222. The van der Waals surface area contributed by atoms with E-state index < -0.39 is 6.04 Å². The zero-order valence-electron chi connectivity index (χ0n) is 14.6. The minimum absolute atomic E-state index is 0.217. The number of carbonyl (C=O) groups is 1. The Morgan fingerprint density at radius 2 is 2.11 bits per heavy atom. The number of para-hydroxylation sites is 1. The van der Waals surface area contributed by atoms with E-state index in [-0.39, 0.29) is 11.7 Å². The highest BCUT2D eigenvalue weighted by Crippen LogP contribution is 2.32. The van der Waals surface area contributed by atoms with Gasteiger partial charge in [0.15, 0.2) is 5.82 Å². The van der Waals surface area contributed by atoms with Gasteiger partial charge >= 0.3 is 0 Å². The molecule has 0 saturated carbocycles. The van der Waals surface area contributed by atoms with Crippen LogP contribution in [0.2, 0.25) is 0 Å². The van der Waals surface area contributed by atoms with Crippen molar-refractivity contribution in [3.05, 3.63) is 66.2 Å². The van der Waals surface area contributed by atoms with E-state index in [0.29, 0.717) is 18.8 Å². The normalized spacial score (nSPS) is 16.5. The first kappa shape index (κ1) is 15.6. The molecule has 1 aliphatic heterocycles. The first-order valence-electron chi connectivity index (χ1n) is 8.61. The maximum atomic E-state index is 13.2. The van der Waals surface area contributed by atoms with Gasteiger partial charge in [-0.3, -0.25) is 4.79 Å². The topological polar surface area (TPSA) is 105 Å². The second-order valence-electron chi connectivity index (χ2n) is 6.41. The van der Waals surface area contributed by atoms with Gasteiger partial charge in [-0.1, -0.05) is 18.2 Å². The van der Waals surface area contributed by atoms with Crippen LogP contribution in [0.4, 0.5) is 0 Å². The van der Waals surface area contributed by atoms with Crippen LogP contribution in [0.15, 0.2) is 43.1 Å². The van der Waals surface area contributed by atoms with Crippen LogP contribution in [0, 0.1) is 0 Å². The number of fused-ring (bicyclic) bond motifs is 2. The highest BCUT2D eigenvalue weighted by atomic mass is 16.2. The summed E-state index contributed by atoms with van der Waals surface area (Å²) >= 11 is 0. The van der Waals surface area contributed by atoms with E-state index in [1.165, 1.54) is 11.0 Å². The number of hydrogen-bond acceptors (Lipinski definition) is 6. The van der Waals surface area contributed by atoms with E-state index in [1.807, 2.05) is 24.3 Å². The Labute approximate surface area is 154 Å². The van der Waals surface area contributed by atoms with Gasteiger partial charge in [-0.2, -0.15) is 5.10 Å². The van der Waals surface area contributed by atoms with Crippen LogP contribution in [0.3, 0.4) is 0 Å². The largest absolute Gasteiger partial charge is 0.348 e. The van der Waals surface area contributed by atoms with E-state index in [2.05, 4.69) is 25.0 Å². The molecule has 0 aliphatic carbocycles. The van der Waals surface area contributed by atoms with E-state index in [1.54, 1.807) is 24.5 Å². The summed E-state index contributed by atoms with van der Waals surface area (Å²) in [5.74, 6) is 0.599. The van der Waals surface area contributed by atoms with Crippen LogP contribution in [-0.2, 0) is 13.5 Å². The van der Waals surface area contributed by atoms with Gasteiger partial charge in [-0.05, 0) is 6.07 Å². The third-order valence-corrected chi connectivity index (χ3v) is 4.84. The fourth-order valence-corrected chi connectivity index (χ4v) is 3.49. The van der Waals surface area contributed by atoms with Gasteiger partial charge in [0.05, 0.1) is 17.5 Å². The second kappa shape index (κ2) is 5.97. The minimum Gasteiger partial charge on any atom is -0.348 e. The summed E-state index contributed by atoms with van der Waals surface area (Å²) in [6, 6.07) is 7.30. The molecule has 0 radical (unpaired) electrons. The van der Waals surface area contributed by atoms with Gasteiger partial charge in [0.2, 0.25) is 5.82 Å². The number of rotatable bonds is 2. The number of aromatic amines is 1. The van der Waals surface area contributed by atoms with E-state index in [9.17, 15) is 4.79 Å². The van der Waals surface area contributed by atoms with Crippen LogP contribution in [0.1, 0.15) is 33.9 Å². The first-order valence-corrected chi connectivity index (χ1v) is 8.61. The molecule has 4 aromatic rings. The number of carbonyl (C=O) groups excluding carboxylic acids is 1. The molecule has 4 heterocycles. The quantitative estimate of drug-likeness (QED) is 0.577. The zero-order valence-corrected chi connectivity index (χ0v) is 14.6. The summed E-state index contributed by atoms with van der Waals surface area (Å²) in [5, 5.41) is 4.96. The predicted molar refractivity (Wildman–Crippen MR) is 95.7 cm³/mol. The second-order valence-corrected chi connectivity index (χ2v) is 6.41. The Bertz CT molecular complexity index is 1150. The van der Waals surface area contributed by atoms with Crippen LogP contribution < -0.4 is 0 Å². The smallest absolute Gasteiger partial charge is 0.292 e. The standard InChI is InChI=1S/C18H16N8O/c1-25-17(22-10-23-25)18(27)26-7-6-13-14(21-9-20-13)15(26)16-19-8-11-4-2-3-5-12(11)24-16/h2-5,8-10,15H,6-7H2,1H3,(H,20,21)/t15-/m0/s1. The van der Waals surface area contributed by atoms with Crippen molar-refractivity contribution in [1.29, 1.82) is 0 Å². The van der Waals surface area contributed by atoms with Crippen molar-refractivity contribution >= 4 is 16.8 Å². The maximum absolute atomic E-state index is 13.2. The molecule has 3 aromatic heterocycles. The average Bonchev–Trinajstić information content (AvgIpc) is 3.35. The lowest BCUT2D eigenvalue weighted by Crippen LogP contribution is -2.42. The number of imidazole rings is 1. The summed E-state index contributed by atoms with van der Waals surface area (Å²) in [4.78, 5) is 35.9. The highest BCUT2D eigenvalue weighted by molar-refractivity contribution is 5.91. The van der Waals surface area contributed by atoms with E-state index >= 15 is 0 Å².